The summed E-state index contributed by atoms with van der Waals surface area (Å²) >= 11 is 6.01. The number of esters is 1. The molecular weight excluding hydrogens is 534 g/mol. The first-order valence-electron chi connectivity index (χ1n) is 12.6. The van der Waals surface area contributed by atoms with Crippen LogP contribution in [0.5, 0.6) is 0 Å². The van der Waals surface area contributed by atoms with Crippen LogP contribution < -0.4 is 0 Å². The number of ether oxygens (including phenoxy) is 1. The molecule has 3 aromatic carbocycles. The highest BCUT2D eigenvalue weighted by molar-refractivity contribution is 7.89. The van der Waals surface area contributed by atoms with E-state index in [0.29, 0.717) is 17.3 Å². The van der Waals surface area contributed by atoms with E-state index in [9.17, 15) is 13.2 Å². The number of carbonyl (C=O) groups excluding carboxylic acids is 1. The van der Waals surface area contributed by atoms with Gasteiger partial charge < -0.3 is 4.74 Å². The molecule has 0 amide bonds. The molecule has 0 atom stereocenters. The first-order chi connectivity index (χ1) is 18.7. The molecular formula is C30H30ClN3O4S. The van der Waals surface area contributed by atoms with Crippen molar-refractivity contribution in [1.29, 1.82) is 0 Å². The molecule has 202 valence electrons. The lowest BCUT2D eigenvalue weighted by atomic mass is 10.1. The van der Waals surface area contributed by atoms with Crippen molar-refractivity contribution < 1.29 is 17.9 Å². The Morgan fingerprint density at radius 1 is 0.872 bits per heavy atom. The third-order valence-electron chi connectivity index (χ3n) is 5.92. The SMILES string of the molecule is CC(C)OC(=O)CCc1cccc(CN(Cc2ccc(-c3ncccn3)cc2)S(=O)(=O)c2ccc(Cl)cc2)c1. The Labute approximate surface area is 234 Å². The Morgan fingerprint density at radius 3 is 2.18 bits per heavy atom. The van der Waals surface area contributed by atoms with Gasteiger partial charge in [-0.1, -0.05) is 60.1 Å². The van der Waals surface area contributed by atoms with Gasteiger partial charge in [0.25, 0.3) is 0 Å². The lowest BCUT2D eigenvalue weighted by Crippen LogP contribution is -2.30. The number of halogens is 1. The van der Waals surface area contributed by atoms with Gasteiger partial charge in [-0.25, -0.2) is 18.4 Å². The average Bonchev–Trinajstić information content (AvgIpc) is 2.92. The van der Waals surface area contributed by atoms with Crippen molar-refractivity contribution >= 4 is 27.6 Å². The third-order valence-corrected chi connectivity index (χ3v) is 7.98. The van der Waals surface area contributed by atoms with Crippen LogP contribution in [0, 0.1) is 0 Å². The molecule has 0 fully saturated rings. The van der Waals surface area contributed by atoms with Gasteiger partial charge in [0.05, 0.1) is 11.0 Å². The molecule has 0 N–H and O–H groups in total. The third kappa shape index (κ3) is 7.95. The van der Waals surface area contributed by atoms with E-state index < -0.39 is 10.0 Å². The summed E-state index contributed by atoms with van der Waals surface area (Å²) in [5, 5.41) is 0.461. The van der Waals surface area contributed by atoms with E-state index in [4.69, 9.17) is 16.3 Å². The Bertz CT molecular complexity index is 1490. The minimum Gasteiger partial charge on any atom is -0.463 e. The van der Waals surface area contributed by atoms with Gasteiger partial charge in [-0.3, -0.25) is 4.79 Å². The van der Waals surface area contributed by atoms with E-state index in [-0.39, 0.29) is 36.5 Å². The van der Waals surface area contributed by atoms with Gasteiger partial charge in [0.15, 0.2) is 5.82 Å². The molecule has 0 unspecified atom stereocenters. The molecule has 1 heterocycles. The van der Waals surface area contributed by atoms with Gasteiger partial charge in [0.2, 0.25) is 10.0 Å². The van der Waals surface area contributed by atoms with E-state index in [2.05, 4.69) is 9.97 Å². The van der Waals surface area contributed by atoms with Crippen LogP contribution in [0.4, 0.5) is 0 Å². The minimum atomic E-state index is -3.85. The van der Waals surface area contributed by atoms with Crippen molar-refractivity contribution in [2.24, 2.45) is 0 Å². The fourth-order valence-corrected chi connectivity index (χ4v) is 5.59. The van der Waals surface area contributed by atoms with Crippen LogP contribution in [0.15, 0.2) is 96.2 Å². The molecule has 9 heteroatoms. The predicted octanol–water partition coefficient (Wildman–Crippen LogP) is 6.07. The molecule has 0 radical (unpaired) electrons. The van der Waals surface area contributed by atoms with Crippen molar-refractivity contribution in [1.82, 2.24) is 14.3 Å². The van der Waals surface area contributed by atoms with Crippen molar-refractivity contribution in [3.63, 3.8) is 0 Å². The minimum absolute atomic E-state index is 0.152. The Morgan fingerprint density at radius 2 is 1.51 bits per heavy atom. The molecule has 0 bridgehead atoms. The fraction of sp³-hybridized carbons (Fsp3) is 0.233. The number of aromatic nitrogens is 2. The summed E-state index contributed by atoms with van der Waals surface area (Å²) in [6.07, 6.45) is 3.96. The normalized spacial score (nSPS) is 11.6. The van der Waals surface area contributed by atoms with E-state index in [1.807, 2.05) is 62.4 Å². The zero-order chi connectivity index (χ0) is 27.8. The number of nitrogens with zero attached hydrogens (tertiary/aromatic N) is 3. The fourth-order valence-electron chi connectivity index (χ4n) is 4.05. The zero-order valence-corrected chi connectivity index (χ0v) is 23.4. The molecule has 0 aliphatic carbocycles. The van der Waals surface area contributed by atoms with Crippen LogP contribution in [-0.4, -0.2) is 34.8 Å². The Hall–Kier alpha value is -3.59. The van der Waals surface area contributed by atoms with Gasteiger partial charge >= 0.3 is 5.97 Å². The lowest BCUT2D eigenvalue weighted by molar-refractivity contribution is -0.147. The van der Waals surface area contributed by atoms with Crippen LogP contribution in [-0.2, 0) is 39.1 Å². The largest absolute Gasteiger partial charge is 0.463 e. The maximum absolute atomic E-state index is 13.7. The van der Waals surface area contributed by atoms with Crippen molar-refractivity contribution in [3.05, 3.63) is 113 Å². The highest BCUT2D eigenvalue weighted by Gasteiger charge is 2.25. The van der Waals surface area contributed by atoms with Gasteiger partial charge in [-0.05, 0) is 67.3 Å². The van der Waals surface area contributed by atoms with Crippen LogP contribution in [0.25, 0.3) is 11.4 Å². The molecule has 0 aliphatic rings. The second-order valence-corrected chi connectivity index (χ2v) is 11.7. The summed E-state index contributed by atoms with van der Waals surface area (Å²) in [6.45, 7) is 3.94. The maximum atomic E-state index is 13.7. The Balaban J connectivity index is 1.58. The number of carbonyl (C=O) groups is 1. The molecule has 0 spiro atoms. The number of aryl methyl sites for hydroxylation is 1. The molecule has 0 aliphatic heterocycles. The summed E-state index contributed by atoms with van der Waals surface area (Å²) in [6, 6.07) is 23.1. The second-order valence-electron chi connectivity index (χ2n) is 9.35. The van der Waals surface area contributed by atoms with E-state index in [0.717, 1.165) is 22.3 Å². The number of rotatable bonds is 11. The van der Waals surface area contributed by atoms with Crippen molar-refractivity contribution in [2.75, 3.05) is 0 Å². The smallest absolute Gasteiger partial charge is 0.306 e. The van der Waals surface area contributed by atoms with Gasteiger partial charge in [0, 0.05) is 42.5 Å². The molecule has 7 nitrogen and oxygen atoms in total. The maximum Gasteiger partial charge on any atom is 0.306 e. The van der Waals surface area contributed by atoms with Gasteiger partial charge in [0.1, 0.15) is 0 Å². The summed E-state index contributed by atoms with van der Waals surface area (Å²) < 4.78 is 34.2. The quantitative estimate of drug-likeness (QED) is 0.206. The molecule has 0 saturated heterocycles. The van der Waals surface area contributed by atoms with Crippen LogP contribution in [0.2, 0.25) is 5.02 Å². The predicted molar refractivity (Wildman–Crippen MR) is 151 cm³/mol. The van der Waals surface area contributed by atoms with E-state index in [1.54, 1.807) is 30.6 Å². The summed E-state index contributed by atoms with van der Waals surface area (Å²) in [5.41, 5.74) is 3.41. The molecule has 1 aromatic heterocycles. The molecule has 4 rings (SSSR count). The monoisotopic (exact) mass is 563 g/mol. The Kier molecular flexibility index (Phi) is 9.45. The highest BCUT2D eigenvalue weighted by atomic mass is 35.5. The van der Waals surface area contributed by atoms with E-state index >= 15 is 0 Å². The van der Waals surface area contributed by atoms with Gasteiger partial charge in [-0.2, -0.15) is 4.31 Å². The van der Waals surface area contributed by atoms with Crippen LogP contribution in [0.1, 0.15) is 37.0 Å². The number of hydrogen-bond donors (Lipinski definition) is 0. The molecule has 39 heavy (non-hydrogen) atoms. The van der Waals surface area contributed by atoms with Crippen LogP contribution in [0.3, 0.4) is 0 Å². The van der Waals surface area contributed by atoms with E-state index in [1.165, 1.54) is 16.4 Å². The van der Waals surface area contributed by atoms with Gasteiger partial charge in [-0.15, -0.1) is 0 Å². The average molecular weight is 564 g/mol. The zero-order valence-electron chi connectivity index (χ0n) is 21.8. The topological polar surface area (TPSA) is 89.5 Å². The summed E-state index contributed by atoms with van der Waals surface area (Å²) in [4.78, 5) is 20.7. The standard InChI is InChI=1S/C30H30ClN3O4S/c1-22(2)38-29(35)16-9-23-5-3-6-25(19-23)21-34(39(36,37)28-14-12-27(31)13-15-28)20-24-7-10-26(11-8-24)30-32-17-4-18-33-30/h3-8,10-15,17-19,22H,9,16,20-21H2,1-2H3. The number of benzene rings is 3. The number of sulfonamides is 1. The van der Waals surface area contributed by atoms with Crippen LogP contribution >= 0.6 is 11.6 Å². The number of hydrogen-bond acceptors (Lipinski definition) is 6. The lowest BCUT2D eigenvalue weighted by Gasteiger charge is -2.23. The first-order valence-corrected chi connectivity index (χ1v) is 14.4. The first kappa shape index (κ1) is 28.4. The summed E-state index contributed by atoms with van der Waals surface area (Å²) in [7, 11) is -3.85. The van der Waals surface area contributed by atoms with Crippen molar-refractivity contribution in [3.8, 4) is 11.4 Å². The second kappa shape index (κ2) is 13.0. The molecule has 0 saturated carbocycles. The molecule has 4 aromatic rings. The highest BCUT2D eigenvalue weighted by Crippen LogP contribution is 2.24. The summed E-state index contributed by atoms with van der Waals surface area (Å²) in [5.74, 6) is 0.343. The van der Waals surface area contributed by atoms with Crippen molar-refractivity contribution in [2.45, 2.75) is 50.8 Å².